The summed E-state index contributed by atoms with van der Waals surface area (Å²) in [7, 11) is 0. The van der Waals surface area contributed by atoms with Crippen LogP contribution in [-0.4, -0.2) is 35.2 Å². The number of hydrogen-bond acceptors (Lipinski definition) is 3. The molecule has 1 aromatic carbocycles. The smallest absolute Gasteiger partial charge is 0.119 e. The zero-order valence-corrected chi connectivity index (χ0v) is 12.9. The normalized spacial score (nSPS) is 21.4. The molecule has 1 aliphatic heterocycles. The summed E-state index contributed by atoms with van der Waals surface area (Å²) in [6.45, 7) is 8.11. The number of aliphatic hydroxyl groups is 1. The SMILES string of the molecule is CCC1CCCN1CC(O)c1ccc(OC(C)C)cc1. The number of β-amino-alcohol motifs (C(OH)–C–C–N with tert-alkyl or cyclic N) is 1. The molecule has 0 spiro atoms. The third-order valence-corrected chi connectivity index (χ3v) is 4.01. The van der Waals surface area contributed by atoms with E-state index in [1.807, 2.05) is 38.1 Å². The van der Waals surface area contributed by atoms with E-state index in [1.165, 1.54) is 19.3 Å². The highest BCUT2D eigenvalue weighted by Gasteiger charge is 2.25. The molecule has 1 saturated heterocycles. The molecule has 1 fully saturated rings. The molecular weight excluding hydrogens is 250 g/mol. The van der Waals surface area contributed by atoms with Crippen molar-refractivity contribution in [3.05, 3.63) is 29.8 Å². The van der Waals surface area contributed by atoms with Crippen LogP contribution in [0.3, 0.4) is 0 Å². The molecule has 3 heteroatoms. The largest absolute Gasteiger partial charge is 0.491 e. The van der Waals surface area contributed by atoms with Crippen LogP contribution >= 0.6 is 0 Å². The van der Waals surface area contributed by atoms with Crippen LogP contribution in [0.4, 0.5) is 0 Å². The summed E-state index contributed by atoms with van der Waals surface area (Å²) < 4.78 is 5.62. The van der Waals surface area contributed by atoms with Gasteiger partial charge in [-0.15, -0.1) is 0 Å². The van der Waals surface area contributed by atoms with Gasteiger partial charge in [0.2, 0.25) is 0 Å². The second kappa shape index (κ2) is 7.09. The molecule has 2 unspecified atom stereocenters. The first kappa shape index (κ1) is 15.3. The lowest BCUT2D eigenvalue weighted by molar-refractivity contribution is 0.105. The van der Waals surface area contributed by atoms with Gasteiger partial charge in [0.25, 0.3) is 0 Å². The lowest BCUT2D eigenvalue weighted by Crippen LogP contribution is -2.32. The minimum absolute atomic E-state index is 0.181. The van der Waals surface area contributed by atoms with E-state index in [1.54, 1.807) is 0 Å². The van der Waals surface area contributed by atoms with Crippen LogP contribution in [0.15, 0.2) is 24.3 Å². The van der Waals surface area contributed by atoms with Crippen LogP contribution in [0, 0.1) is 0 Å². The summed E-state index contributed by atoms with van der Waals surface area (Å²) in [6.07, 6.45) is 3.47. The highest BCUT2D eigenvalue weighted by atomic mass is 16.5. The number of ether oxygens (including phenoxy) is 1. The zero-order valence-electron chi connectivity index (χ0n) is 12.9. The van der Waals surface area contributed by atoms with Crippen LogP contribution in [0.2, 0.25) is 0 Å². The van der Waals surface area contributed by atoms with E-state index in [0.717, 1.165) is 24.4 Å². The number of benzene rings is 1. The fourth-order valence-electron chi connectivity index (χ4n) is 2.97. The van der Waals surface area contributed by atoms with E-state index in [0.29, 0.717) is 6.04 Å². The van der Waals surface area contributed by atoms with Crippen molar-refractivity contribution in [1.29, 1.82) is 0 Å². The molecule has 1 aromatic rings. The lowest BCUT2D eigenvalue weighted by atomic mass is 10.1. The second-order valence-corrected chi connectivity index (χ2v) is 5.95. The summed E-state index contributed by atoms with van der Waals surface area (Å²) >= 11 is 0. The molecule has 0 aliphatic carbocycles. The van der Waals surface area contributed by atoms with Crippen molar-refractivity contribution >= 4 is 0 Å². The van der Waals surface area contributed by atoms with Gasteiger partial charge < -0.3 is 9.84 Å². The van der Waals surface area contributed by atoms with Crippen molar-refractivity contribution in [2.24, 2.45) is 0 Å². The third-order valence-electron chi connectivity index (χ3n) is 4.01. The van der Waals surface area contributed by atoms with E-state index in [-0.39, 0.29) is 6.10 Å². The molecule has 1 N–H and O–H groups in total. The van der Waals surface area contributed by atoms with Gasteiger partial charge in [-0.05, 0) is 57.4 Å². The van der Waals surface area contributed by atoms with Crippen molar-refractivity contribution in [1.82, 2.24) is 4.90 Å². The topological polar surface area (TPSA) is 32.7 Å². The Hall–Kier alpha value is -1.06. The lowest BCUT2D eigenvalue weighted by Gasteiger charge is -2.26. The van der Waals surface area contributed by atoms with Crippen LogP contribution in [0.25, 0.3) is 0 Å². The van der Waals surface area contributed by atoms with Crippen LogP contribution in [0.5, 0.6) is 5.75 Å². The van der Waals surface area contributed by atoms with E-state index in [9.17, 15) is 5.11 Å². The molecule has 1 heterocycles. The van der Waals surface area contributed by atoms with Crippen molar-refractivity contribution in [2.45, 2.75) is 58.3 Å². The number of nitrogens with zero attached hydrogens (tertiary/aromatic N) is 1. The fraction of sp³-hybridized carbons (Fsp3) is 0.647. The Morgan fingerprint density at radius 2 is 2.00 bits per heavy atom. The molecule has 2 rings (SSSR count). The summed E-state index contributed by atoms with van der Waals surface area (Å²) in [5.74, 6) is 0.864. The van der Waals surface area contributed by atoms with Gasteiger partial charge in [-0.3, -0.25) is 4.90 Å². The van der Waals surface area contributed by atoms with Gasteiger partial charge in [0.1, 0.15) is 5.75 Å². The molecule has 20 heavy (non-hydrogen) atoms. The van der Waals surface area contributed by atoms with Crippen molar-refractivity contribution in [3.63, 3.8) is 0 Å². The maximum absolute atomic E-state index is 10.4. The minimum atomic E-state index is -0.407. The maximum atomic E-state index is 10.4. The number of likely N-dealkylation sites (tertiary alicyclic amines) is 1. The van der Waals surface area contributed by atoms with Crippen molar-refractivity contribution < 1.29 is 9.84 Å². The van der Waals surface area contributed by atoms with Crippen LogP contribution < -0.4 is 4.74 Å². The molecule has 0 radical (unpaired) electrons. The highest BCUT2D eigenvalue weighted by Crippen LogP contribution is 2.25. The van der Waals surface area contributed by atoms with Crippen molar-refractivity contribution in [2.75, 3.05) is 13.1 Å². The van der Waals surface area contributed by atoms with Gasteiger partial charge in [0, 0.05) is 12.6 Å². The van der Waals surface area contributed by atoms with E-state index < -0.39 is 6.10 Å². The Balaban J connectivity index is 1.93. The van der Waals surface area contributed by atoms with Gasteiger partial charge in [-0.25, -0.2) is 0 Å². The molecule has 2 atom stereocenters. The van der Waals surface area contributed by atoms with Gasteiger partial charge in [-0.2, -0.15) is 0 Å². The summed E-state index contributed by atoms with van der Waals surface area (Å²) in [5.41, 5.74) is 0.975. The van der Waals surface area contributed by atoms with Crippen LogP contribution in [-0.2, 0) is 0 Å². The van der Waals surface area contributed by atoms with Crippen LogP contribution in [0.1, 0.15) is 51.7 Å². The van der Waals surface area contributed by atoms with E-state index in [2.05, 4.69) is 11.8 Å². The molecule has 0 bridgehead atoms. The molecule has 0 aromatic heterocycles. The first-order valence-corrected chi connectivity index (χ1v) is 7.79. The third kappa shape index (κ3) is 3.97. The highest BCUT2D eigenvalue weighted by molar-refractivity contribution is 5.28. The molecular formula is C17H27NO2. The Bertz CT molecular complexity index is 402. The number of aliphatic hydroxyl groups excluding tert-OH is 1. The van der Waals surface area contributed by atoms with E-state index in [4.69, 9.17) is 4.74 Å². The predicted molar refractivity (Wildman–Crippen MR) is 82.1 cm³/mol. The average molecular weight is 277 g/mol. The minimum Gasteiger partial charge on any atom is -0.491 e. The van der Waals surface area contributed by atoms with Gasteiger partial charge in [-0.1, -0.05) is 19.1 Å². The van der Waals surface area contributed by atoms with Gasteiger partial charge >= 0.3 is 0 Å². The molecule has 0 saturated carbocycles. The molecule has 0 amide bonds. The van der Waals surface area contributed by atoms with Gasteiger partial charge in [0.05, 0.1) is 12.2 Å². The predicted octanol–water partition coefficient (Wildman–Crippen LogP) is 3.38. The maximum Gasteiger partial charge on any atom is 0.119 e. The fourth-order valence-corrected chi connectivity index (χ4v) is 2.97. The Kier molecular flexibility index (Phi) is 5.44. The average Bonchev–Trinajstić information content (AvgIpc) is 2.86. The zero-order chi connectivity index (χ0) is 14.5. The quantitative estimate of drug-likeness (QED) is 0.865. The molecule has 1 aliphatic rings. The van der Waals surface area contributed by atoms with Crippen molar-refractivity contribution in [3.8, 4) is 5.75 Å². The number of hydrogen-bond donors (Lipinski definition) is 1. The van der Waals surface area contributed by atoms with Gasteiger partial charge in [0.15, 0.2) is 0 Å². The molecule has 3 nitrogen and oxygen atoms in total. The standard InChI is InChI=1S/C17H27NO2/c1-4-15-6-5-11-18(15)12-17(19)14-7-9-16(10-8-14)20-13(2)3/h7-10,13,15,17,19H,4-6,11-12H2,1-3H3. The summed E-state index contributed by atoms with van der Waals surface area (Å²) in [6, 6.07) is 8.48. The Morgan fingerprint density at radius 1 is 1.30 bits per heavy atom. The Morgan fingerprint density at radius 3 is 2.60 bits per heavy atom. The monoisotopic (exact) mass is 277 g/mol. The second-order valence-electron chi connectivity index (χ2n) is 5.95. The first-order valence-electron chi connectivity index (χ1n) is 7.79. The molecule has 112 valence electrons. The first-order chi connectivity index (χ1) is 9.60. The summed E-state index contributed by atoms with van der Waals surface area (Å²) in [5, 5.41) is 10.4. The number of rotatable bonds is 6. The Labute approximate surface area is 122 Å². The summed E-state index contributed by atoms with van der Waals surface area (Å²) in [4.78, 5) is 2.42. The van der Waals surface area contributed by atoms with E-state index >= 15 is 0 Å².